The predicted molar refractivity (Wildman–Crippen MR) is 92.3 cm³/mol. The molecule has 0 bridgehead atoms. The zero-order valence-electron chi connectivity index (χ0n) is 14.9. The number of ether oxygens (including phenoxy) is 1. The molecule has 26 heavy (non-hydrogen) atoms. The number of nitro benzene ring substituents is 1. The Morgan fingerprint density at radius 2 is 2.00 bits per heavy atom. The standard InChI is InChI=1S/C18H21N3O5/c1-13-10-14(6-7-15(13)21(24)25)17(23)26-11-16(22)20(2)18(12-19)8-4-3-5-9-18/h6-7,10H,3-5,8-9,11H2,1-2H3. The average molecular weight is 359 g/mol. The fourth-order valence-corrected chi connectivity index (χ4v) is 3.19. The van der Waals surface area contributed by atoms with E-state index in [9.17, 15) is 25.0 Å². The van der Waals surface area contributed by atoms with Gasteiger partial charge in [0.1, 0.15) is 5.54 Å². The highest BCUT2D eigenvalue weighted by molar-refractivity contribution is 5.92. The Bertz CT molecular complexity index is 763. The predicted octanol–water partition coefficient (Wildman–Crippen LogP) is 2.74. The highest BCUT2D eigenvalue weighted by Crippen LogP contribution is 2.32. The van der Waals surface area contributed by atoms with Crippen molar-refractivity contribution in [1.29, 1.82) is 5.26 Å². The number of nitro groups is 1. The van der Waals surface area contributed by atoms with Gasteiger partial charge in [0, 0.05) is 18.7 Å². The summed E-state index contributed by atoms with van der Waals surface area (Å²) in [4.78, 5) is 36.1. The summed E-state index contributed by atoms with van der Waals surface area (Å²) in [7, 11) is 1.56. The Labute approximate surface area is 151 Å². The SMILES string of the molecule is Cc1cc(C(=O)OCC(=O)N(C)C2(C#N)CCCCC2)ccc1[N+](=O)[O-]. The molecule has 8 heteroatoms. The van der Waals surface area contributed by atoms with Crippen LogP contribution in [0.25, 0.3) is 0 Å². The van der Waals surface area contributed by atoms with Crippen molar-refractivity contribution in [2.75, 3.05) is 13.7 Å². The van der Waals surface area contributed by atoms with Crippen molar-refractivity contribution in [1.82, 2.24) is 4.90 Å². The van der Waals surface area contributed by atoms with Gasteiger partial charge in [-0.15, -0.1) is 0 Å². The normalized spacial score (nSPS) is 15.6. The summed E-state index contributed by atoms with van der Waals surface area (Å²) in [5.41, 5.74) is -0.466. The van der Waals surface area contributed by atoms with Crippen molar-refractivity contribution < 1.29 is 19.2 Å². The highest BCUT2D eigenvalue weighted by atomic mass is 16.6. The lowest BCUT2D eigenvalue weighted by Gasteiger charge is -2.38. The Morgan fingerprint density at radius 1 is 1.35 bits per heavy atom. The molecule has 0 aliphatic heterocycles. The van der Waals surface area contributed by atoms with E-state index in [0.717, 1.165) is 19.3 Å². The molecule has 8 nitrogen and oxygen atoms in total. The molecule has 0 radical (unpaired) electrons. The molecule has 0 aromatic heterocycles. The van der Waals surface area contributed by atoms with Crippen LogP contribution in [-0.4, -0.2) is 40.9 Å². The molecule has 2 rings (SSSR count). The fraction of sp³-hybridized carbons (Fsp3) is 0.500. The summed E-state index contributed by atoms with van der Waals surface area (Å²) in [6.07, 6.45) is 4.03. The molecule has 1 amide bonds. The Balaban J connectivity index is 2.00. The van der Waals surface area contributed by atoms with Gasteiger partial charge >= 0.3 is 5.97 Å². The first-order valence-corrected chi connectivity index (χ1v) is 8.41. The Hall–Kier alpha value is -2.95. The van der Waals surface area contributed by atoms with Crippen molar-refractivity contribution in [2.45, 2.75) is 44.6 Å². The van der Waals surface area contributed by atoms with Gasteiger partial charge < -0.3 is 9.64 Å². The van der Waals surface area contributed by atoms with Crippen molar-refractivity contribution in [3.63, 3.8) is 0 Å². The third-order valence-electron chi connectivity index (χ3n) is 4.86. The monoisotopic (exact) mass is 359 g/mol. The summed E-state index contributed by atoms with van der Waals surface area (Å²) < 4.78 is 5.04. The van der Waals surface area contributed by atoms with Crippen LogP contribution in [-0.2, 0) is 9.53 Å². The smallest absolute Gasteiger partial charge is 0.338 e. The lowest BCUT2D eigenvalue weighted by Crippen LogP contribution is -2.51. The third kappa shape index (κ3) is 3.99. The lowest BCUT2D eigenvalue weighted by molar-refractivity contribution is -0.385. The maximum atomic E-state index is 12.4. The van der Waals surface area contributed by atoms with E-state index >= 15 is 0 Å². The number of amides is 1. The summed E-state index contributed by atoms with van der Waals surface area (Å²) in [6, 6.07) is 6.12. The summed E-state index contributed by atoms with van der Waals surface area (Å²) in [5.74, 6) is -1.18. The van der Waals surface area contributed by atoms with Gasteiger partial charge in [0.05, 0.1) is 16.6 Å². The van der Waals surface area contributed by atoms with E-state index in [1.54, 1.807) is 7.05 Å². The van der Waals surface area contributed by atoms with Crippen LogP contribution in [0.4, 0.5) is 5.69 Å². The van der Waals surface area contributed by atoms with Gasteiger partial charge in [-0.1, -0.05) is 19.3 Å². The van der Waals surface area contributed by atoms with Gasteiger partial charge in [-0.3, -0.25) is 14.9 Å². The first-order chi connectivity index (χ1) is 12.3. The minimum atomic E-state index is -0.842. The second kappa shape index (κ2) is 7.95. The van der Waals surface area contributed by atoms with Gasteiger partial charge in [0.2, 0.25) is 0 Å². The number of nitrogens with zero attached hydrogens (tertiary/aromatic N) is 3. The molecule has 1 saturated carbocycles. The van der Waals surface area contributed by atoms with Crippen LogP contribution in [0, 0.1) is 28.4 Å². The first kappa shape index (κ1) is 19.4. The number of carbonyl (C=O) groups excluding carboxylic acids is 2. The lowest BCUT2D eigenvalue weighted by atomic mass is 9.81. The van der Waals surface area contributed by atoms with E-state index in [1.165, 1.54) is 30.0 Å². The highest BCUT2D eigenvalue weighted by Gasteiger charge is 2.39. The molecule has 0 heterocycles. The zero-order valence-corrected chi connectivity index (χ0v) is 14.9. The van der Waals surface area contributed by atoms with Crippen LogP contribution in [0.1, 0.15) is 48.0 Å². The summed E-state index contributed by atoms with van der Waals surface area (Å²) >= 11 is 0. The van der Waals surface area contributed by atoms with Crippen LogP contribution in [0.3, 0.4) is 0 Å². The Morgan fingerprint density at radius 3 is 2.54 bits per heavy atom. The number of hydrogen-bond acceptors (Lipinski definition) is 6. The molecule has 0 spiro atoms. The maximum absolute atomic E-state index is 12.4. The molecule has 138 valence electrons. The minimum absolute atomic E-state index is 0.0920. The van der Waals surface area contributed by atoms with E-state index in [1.807, 2.05) is 0 Å². The molecule has 1 aliphatic carbocycles. The summed E-state index contributed by atoms with van der Waals surface area (Å²) in [5, 5.41) is 20.3. The number of benzene rings is 1. The van der Waals surface area contributed by atoms with Gasteiger partial charge in [0.25, 0.3) is 11.6 Å². The number of esters is 1. The first-order valence-electron chi connectivity index (χ1n) is 8.41. The number of carbonyl (C=O) groups is 2. The van der Waals surface area contributed by atoms with Crippen molar-refractivity contribution in [3.8, 4) is 6.07 Å². The van der Waals surface area contributed by atoms with Crippen LogP contribution in [0.15, 0.2) is 18.2 Å². The van der Waals surface area contributed by atoms with Crippen molar-refractivity contribution in [2.24, 2.45) is 0 Å². The third-order valence-corrected chi connectivity index (χ3v) is 4.86. The van der Waals surface area contributed by atoms with Crippen LogP contribution >= 0.6 is 0 Å². The van der Waals surface area contributed by atoms with Crippen molar-refractivity contribution in [3.05, 3.63) is 39.4 Å². The van der Waals surface area contributed by atoms with Crippen molar-refractivity contribution >= 4 is 17.6 Å². The quantitative estimate of drug-likeness (QED) is 0.454. The molecule has 1 aliphatic rings. The van der Waals surface area contributed by atoms with Crippen LogP contribution in [0.2, 0.25) is 0 Å². The molecule has 0 unspecified atom stereocenters. The van der Waals surface area contributed by atoms with E-state index in [2.05, 4.69) is 6.07 Å². The van der Waals surface area contributed by atoms with Crippen LogP contribution in [0.5, 0.6) is 0 Å². The Kier molecular flexibility index (Phi) is 5.93. The largest absolute Gasteiger partial charge is 0.452 e. The summed E-state index contributed by atoms with van der Waals surface area (Å²) in [6.45, 7) is 1.04. The number of nitriles is 1. The molecule has 0 atom stereocenters. The number of rotatable bonds is 5. The van der Waals surface area contributed by atoms with E-state index in [4.69, 9.17) is 4.74 Å². The van der Waals surface area contributed by atoms with Gasteiger partial charge in [0.15, 0.2) is 6.61 Å². The number of aryl methyl sites for hydroxylation is 1. The van der Waals surface area contributed by atoms with Gasteiger partial charge in [-0.2, -0.15) is 5.26 Å². The minimum Gasteiger partial charge on any atom is -0.452 e. The van der Waals surface area contributed by atoms with Gasteiger partial charge in [-0.05, 0) is 31.9 Å². The second-order valence-electron chi connectivity index (χ2n) is 6.49. The number of hydrogen-bond donors (Lipinski definition) is 0. The maximum Gasteiger partial charge on any atom is 0.338 e. The van der Waals surface area contributed by atoms with E-state index in [-0.39, 0.29) is 11.3 Å². The molecular formula is C18H21N3O5. The van der Waals surface area contributed by atoms with E-state index in [0.29, 0.717) is 18.4 Å². The van der Waals surface area contributed by atoms with Gasteiger partial charge in [-0.25, -0.2) is 4.79 Å². The average Bonchev–Trinajstić information content (AvgIpc) is 2.65. The van der Waals surface area contributed by atoms with Crippen LogP contribution < -0.4 is 0 Å². The topological polar surface area (TPSA) is 114 Å². The van der Waals surface area contributed by atoms with E-state index < -0.39 is 28.9 Å². The molecule has 0 N–H and O–H groups in total. The number of likely N-dealkylation sites (N-methyl/N-ethyl adjacent to an activating group) is 1. The molecule has 0 saturated heterocycles. The zero-order chi connectivity index (χ0) is 19.3. The second-order valence-corrected chi connectivity index (χ2v) is 6.49. The molecular weight excluding hydrogens is 338 g/mol. The molecule has 1 aromatic carbocycles. The molecule has 1 aromatic rings. The molecule has 1 fully saturated rings. The fourth-order valence-electron chi connectivity index (χ4n) is 3.19.